The van der Waals surface area contributed by atoms with Gasteiger partial charge in [0.25, 0.3) is 0 Å². The summed E-state index contributed by atoms with van der Waals surface area (Å²) in [6.45, 7) is 12.4. The van der Waals surface area contributed by atoms with Crippen molar-refractivity contribution < 1.29 is 4.74 Å². The normalized spacial score (nSPS) is 19.9. The van der Waals surface area contributed by atoms with Gasteiger partial charge in [-0.2, -0.15) is 0 Å². The molecular weight excluding hydrogens is 244 g/mol. The summed E-state index contributed by atoms with van der Waals surface area (Å²) in [5, 5.41) is 0. The molecule has 2 rings (SSSR count). The van der Waals surface area contributed by atoms with E-state index in [2.05, 4.69) is 58.9 Å². The summed E-state index contributed by atoms with van der Waals surface area (Å²) in [4.78, 5) is 0. The Bertz CT molecular complexity index is 418. The molecule has 0 radical (unpaired) electrons. The van der Waals surface area contributed by atoms with Crippen LogP contribution in [0.4, 0.5) is 0 Å². The van der Waals surface area contributed by atoms with Crippen LogP contribution in [-0.4, -0.2) is 6.61 Å². The number of ether oxygens (including phenoxy) is 1. The second-order valence-electron chi connectivity index (χ2n) is 7.96. The highest BCUT2D eigenvalue weighted by Crippen LogP contribution is 2.38. The molecule has 1 fully saturated rings. The van der Waals surface area contributed by atoms with Crippen molar-refractivity contribution in [3.63, 3.8) is 0 Å². The minimum atomic E-state index is 0.305. The molecule has 1 aliphatic carbocycles. The average molecular weight is 274 g/mol. The monoisotopic (exact) mass is 274 g/mol. The Balaban J connectivity index is 1.95. The van der Waals surface area contributed by atoms with Crippen LogP contribution in [0.3, 0.4) is 0 Å². The molecule has 0 bridgehead atoms. The van der Waals surface area contributed by atoms with Crippen LogP contribution in [-0.2, 0) is 0 Å². The van der Waals surface area contributed by atoms with E-state index in [9.17, 15) is 0 Å². The van der Waals surface area contributed by atoms with Gasteiger partial charge >= 0.3 is 0 Å². The Morgan fingerprint density at radius 2 is 1.65 bits per heavy atom. The fourth-order valence-corrected chi connectivity index (χ4v) is 2.98. The molecule has 1 heteroatoms. The zero-order valence-electron chi connectivity index (χ0n) is 13.8. The molecule has 0 heterocycles. The maximum absolute atomic E-state index is 6.01. The first-order chi connectivity index (χ1) is 9.30. The van der Waals surface area contributed by atoms with Gasteiger partial charge in [-0.05, 0) is 41.9 Å². The zero-order chi connectivity index (χ0) is 14.8. The van der Waals surface area contributed by atoms with E-state index in [0.717, 1.165) is 12.4 Å². The Hall–Kier alpha value is -0.980. The third-order valence-corrected chi connectivity index (χ3v) is 5.08. The first kappa shape index (κ1) is 15.4. The standard InChI is InChI=1S/C19H30O/c1-15(18(2,3)4)16-8-10-17(11-9-16)20-14-19(5)12-6-7-13-19/h8-11,15H,6-7,12-14H2,1-5H3/t15-/m1/s1. The van der Waals surface area contributed by atoms with Gasteiger partial charge in [0.05, 0.1) is 6.61 Å². The van der Waals surface area contributed by atoms with Crippen LogP contribution in [0, 0.1) is 10.8 Å². The van der Waals surface area contributed by atoms with Gasteiger partial charge in [-0.3, -0.25) is 0 Å². The molecule has 1 aromatic carbocycles. The molecule has 1 nitrogen and oxygen atoms in total. The second kappa shape index (κ2) is 5.79. The number of hydrogen-bond acceptors (Lipinski definition) is 1. The molecule has 0 aromatic heterocycles. The molecule has 0 aliphatic heterocycles. The summed E-state index contributed by atoms with van der Waals surface area (Å²) in [7, 11) is 0. The fourth-order valence-electron chi connectivity index (χ4n) is 2.98. The Morgan fingerprint density at radius 3 is 2.15 bits per heavy atom. The summed E-state index contributed by atoms with van der Waals surface area (Å²) < 4.78 is 6.01. The molecule has 1 aliphatic rings. The topological polar surface area (TPSA) is 9.23 Å². The predicted octanol–water partition coefficient (Wildman–Crippen LogP) is 5.80. The van der Waals surface area contributed by atoms with Crippen LogP contribution < -0.4 is 4.74 Å². The van der Waals surface area contributed by atoms with E-state index in [1.165, 1.54) is 31.2 Å². The molecule has 1 aromatic rings. The van der Waals surface area contributed by atoms with Crippen LogP contribution >= 0.6 is 0 Å². The number of benzene rings is 1. The molecular formula is C19H30O. The fraction of sp³-hybridized carbons (Fsp3) is 0.684. The maximum Gasteiger partial charge on any atom is 0.119 e. The van der Waals surface area contributed by atoms with E-state index in [1.807, 2.05) is 0 Å². The molecule has 1 saturated carbocycles. The van der Waals surface area contributed by atoms with E-state index >= 15 is 0 Å². The first-order valence-corrected chi connectivity index (χ1v) is 8.03. The third-order valence-electron chi connectivity index (χ3n) is 5.08. The van der Waals surface area contributed by atoms with Crippen molar-refractivity contribution in [1.29, 1.82) is 0 Å². The molecule has 0 spiro atoms. The van der Waals surface area contributed by atoms with Crippen LogP contribution in [0.25, 0.3) is 0 Å². The smallest absolute Gasteiger partial charge is 0.119 e. The van der Waals surface area contributed by atoms with Crippen molar-refractivity contribution in [2.45, 2.75) is 66.2 Å². The van der Waals surface area contributed by atoms with Crippen LogP contribution in [0.5, 0.6) is 5.75 Å². The average Bonchev–Trinajstić information content (AvgIpc) is 2.83. The van der Waals surface area contributed by atoms with Gasteiger partial charge in [-0.25, -0.2) is 0 Å². The molecule has 0 unspecified atom stereocenters. The largest absolute Gasteiger partial charge is 0.493 e. The summed E-state index contributed by atoms with van der Waals surface area (Å²) >= 11 is 0. The maximum atomic E-state index is 6.01. The van der Waals surface area contributed by atoms with Gasteiger partial charge in [0, 0.05) is 5.41 Å². The van der Waals surface area contributed by atoms with Crippen LogP contribution in [0.1, 0.15) is 71.8 Å². The van der Waals surface area contributed by atoms with Gasteiger partial charge in [-0.15, -0.1) is 0 Å². The van der Waals surface area contributed by atoms with Crippen LogP contribution in [0.2, 0.25) is 0 Å². The van der Waals surface area contributed by atoms with Crippen molar-refractivity contribution in [2.75, 3.05) is 6.61 Å². The van der Waals surface area contributed by atoms with E-state index in [0.29, 0.717) is 16.7 Å². The molecule has 0 N–H and O–H groups in total. The van der Waals surface area contributed by atoms with Gasteiger partial charge in [-0.1, -0.05) is 59.6 Å². The summed E-state index contributed by atoms with van der Waals surface area (Å²) in [5.41, 5.74) is 2.11. The van der Waals surface area contributed by atoms with Gasteiger partial charge in [0.15, 0.2) is 0 Å². The lowest BCUT2D eigenvalue weighted by Crippen LogP contribution is -2.21. The van der Waals surface area contributed by atoms with Gasteiger partial charge in [0.2, 0.25) is 0 Å². The number of hydrogen-bond donors (Lipinski definition) is 0. The molecule has 112 valence electrons. The lowest BCUT2D eigenvalue weighted by atomic mass is 9.78. The highest BCUT2D eigenvalue weighted by Gasteiger charge is 2.29. The Kier molecular flexibility index (Phi) is 4.46. The molecule has 0 saturated heterocycles. The zero-order valence-corrected chi connectivity index (χ0v) is 13.8. The predicted molar refractivity (Wildman–Crippen MR) is 86.4 cm³/mol. The molecule has 0 amide bonds. The van der Waals surface area contributed by atoms with Crippen molar-refractivity contribution in [3.05, 3.63) is 29.8 Å². The first-order valence-electron chi connectivity index (χ1n) is 8.03. The Morgan fingerprint density at radius 1 is 1.10 bits per heavy atom. The van der Waals surface area contributed by atoms with Crippen LogP contribution in [0.15, 0.2) is 24.3 Å². The highest BCUT2D eigenvalue weighted by atomic mass is 16.5. The molecule has 1 atom stereocenters. The lowest BCUT2D eigenvalue weighted by molar-refractivity contribution is 0.168. The van der Waals surface area contributed by atoms with Crippen molar-refractivity contribution in [3.8, 4) is 5.75 Å². The SMILES string of the molecule is C[C@H](c1ccc(OCC2(C)CCCC2)cc1)C(C)(C)C. The van der Waals surface area contributed by atoms with Crippen molar-refractivity contribution in [2.24, 2.45) is 10.8 Å². The Labute approximate surface area is 124 Å². The highest BCUT2D eigenvalue weighted by molar-refractivity contribution is 5.30. The minimum absolute atomic E-state index is 0.305. The summed E-state index contributed by atoms with van der Waals surface area (Å²) in [6, 6.07) is 8.72. The third kappa shape index (κ3) is 3.77. The van der Waals surface area contributed by atoms with E-state index in [-0.39, 0.29) is 0 Å². The van der Waals surface area contributed by atoms with E-state index < -0.39 is 0 Å². The van der Waals surface area contributed by atoms with E-state index in [4.69, 9.17) is 4.74 Å². The van der Waals surface area contributed by atoms with Gasteiger partial charge < -0.3 is 4.74 Å². The lowest BCUT2D eigenvalue weighted by Gasteiger charge is -2.28. The van der Waals surface area contributed by atoms with E-state index in [1.54, 1.807) is 0 Å². The van der Waals surface area contributed by atoms with Gasteiger partial charge in [0.1, 0.15) is 5.75 Å². The second-order valence-corrected chi connectivity index (χ2v) is 7.96. The quantitative estimate of drug-likeness (QED) is 0.674. The summed E-state index contributed by atoms with van der Waals surface area (Å²) in [6.07, 6.45) is 5.35. The van der Waals surface area contributed by atoms with Crippen molar-refractivity contribution >= 4 is 0 Å². The molecule has 20 heavy (non-hydrogen) atoms. The minimum Gasteiger partial charge on any atom is -0.493 e. The summed E-state index contributed by atoms with van der Waals surface area (Å²) in [5.74, 6) is 1.58. The number of rotatable bonds is 4. The van der Waals surface area contributed by atoms with Crippen molar-refractivity contribution in [1.82, 2.24) is 0 Å².